The van der Waals surface area contributed by atoms with E-state index in [4.69, 9.17) is 4.42 Å². The van der Waals surface area contributed by atoms with Crippen LogP contribution in [0.5, 0.6) is 0 Å². The number of benzene rings is 7. The minimum Gasteiger partial charge on any atom is -0.454 e. The predicted octanol–water partition coefficient (Wildman–Crippen LogP) is 11.0. The highest BCUT2D eigenvalue weighted by molar-refractivity contribution is 6.18. The van der Waals surface area contributed by atoms with Gasteiger partial charge >= 0.3 is 0 Å². The van der Waals surface area contributed by atoms with Crippen LogP contribution < -0.4 is 5.32 Å². The molecular formula is C38H25NO. The molecule has 2 heteroatoms. The van der Waals surface area contributed by atoms with Gasteiger partial charge in [0.25, 0.3) is 0 Å². The third kappa shape index (κ3) is 3.73. The lowest BCUT2D eigenvalue weighted by atomic mass is 9.95. The normalized spacial score (nSPS) is 11.5. The molecule has 7 aromatic carbocycles. The van der Waals surface area contributed by atoms with E-state index in [1.165, 1.54) is 27.3 Å². The molecule has 1 heterocycles. The fourth-order valence-electron chi connectivity index (χ4n) is 5.84. The van der Waals surface area contributed by atoms with Gasteiger partial charge in [0, 0.05) is 27.4 Å². The van der Waals surface area contributed by atoms with Gasteiger partial charge in [-0.2, -0.15) is 0 Å². The number of rotatable bonds is 4. The van der Waals surface area contributed by atoms with Crippen LogP contribution in [-0.4, -0.2) is 0 Å². The zero-order chi connectivity index (χ0) is 26.5. The lowest BCUT2D eigenvalue weighted by Gasteiger charge is -2.17. The van der Waals surface area contributed by atoms with Gasteiger partial charge in [-0.25, -0.2) is 0 Å². The summed E-state index contributed by atoms with van der Waals surface area (Å²) in [6.45, 7) is 0. The molecule has 0 saturated carbocycles. The maximum Gasteiger partial charge on any atom is 0.159 e. The molecule has 0 fully saturated rings. The summed E-state index contributed by atoms with van der Waals surface area (Å²) in [5, 5.41) is 10.9. The average Bonchev–Trinajstić information content (AvgIpc) is 3.40. The Kier molecular flexibility index (Phi) is 5.17. The van der Waals surface area contributed by atoms with Gasteiger partial charge < -0.3 is 9.73 Å². The Balaban J connectivity index is 1.34. The van der Waals surface area contributed by atoms with Crippen molar-refractivity contribution in [3.63, 3.8) is 0 Å². The Bertz CT molecular complexity index is 2190. The summed E-state index contributed by atoms with van der Waals surface area (Å²) < 4.78 is 6.48. The highest BCUT2D eigenvalue weighted by atomic mass is 16.3. The molecule has 0 aliphatic heterocycles. The van der Waals surface area contributed by atoms with Crippen LogP contribution in [0.1, 0.15) is 0 Å². The topological polar surface area (TPSA) is 25.2 Å². The predicted molar refractivity (Wildman–Crippen MR) is 169 cm³/mol. The first-order chi connectivity index (χ1) is 19.8. The third-order valence-corrected chi connectivity index (χ3v) is 7.84. The van der Waals surface area contributed by atoms with Crippen LogP contribution in [-0.2, 0) is 0 Å². The molecule has 0 atom stereocenters. The van der Waals surface area contributed by atoms with Gasteiger partial charge in [-0.05, 0) is 63.2 Å². The van der Waals surface area contributed by atoms with Gasteiger partial charge in [-0.3, -0.25) is 0 Å². The van der Waals surface area contributed by atoms with E-state index < -0.39 is 0 Å². The lowest BCUT2D eigenvalue weighted by Crippen LogP contribution is -1.96. The van der Waals surface area contributed by atoms with Crippen LogP contribution in [0.2, 0.25) is 0 Å². The number of fused-ring (bicyclic) bond motifs is 5. The Morgan fingerprint density at radius 3 is 1.98 bits per heavy atom. The van der Waals surface area contributed by atoms with E-state index in [2.05, 4.69) is 139 Å². The summed E-state index contributed by atoms with van der Waals surface area (Å²) in [5.74, 6) is 0. The van der Waals surface area contributed by atoms with Crippen molar-refractivity contribution in [2.45, 2.75) is 0 Å². The standard InChI is InChI=1S/C38H25NO/c1-2-11-26(12-3-1)33-23-29(28-19-18-25-10-4-5-13-27(25)22-28)20-21-35(33)39-37-31-15-7-6-14-30(31)24-34-32-16-8-9-17-36(32)40-38(34)37/h1-24,39H. The van der Waals surface area contributed by atoms with Crippen molar-refractivity contribution in [2.24, 2.45) is 0 Å². The Morgan fingerprint density at radius 1 is 0.425 bits per heavy atom. The second kappa shape index (κ2) is 9.14. The van der Waals surface area contributed by atoms with E-state index >= 15 is 0 Å². The van der Waals surface area contributed by atoms with Crippen LogP contribution in [0.4, 0.5) is 11.4 Å². The highest BCUT2D eigenvalue weighted by Gasteiger charge is 2.17. The maximum absolute atomic E-state index is 6.48. The van der Waals surface area contributed by atoms with Gasteiger partial charge in [-0.1, -0.05) is 115 Å². The molecule has 0 unspecified atom stereocenters. The van der Waals surface area contributed by atoms with E-state index in [0.717, 1.165) is 49.8 Å². The van der Waals surface area contributed by atoms with E-state index in [1.807, 2.05) is 12.1 Å². The van der Waals surface area contributed by atoms with Crippen molar-refractivity contribution >= 4 is 54.9 Å². The second-order valence-electron chi connectivity index (χ2n) is 10.3. The minimum atomic E-state index is 0.873. The number of hydrogen-bond acceptors (Lipinski definition) is 2. The van der Waals surface area contributed by atoms with Crippen LogP contribution in [0.25, 0.3) is 65.7 Å². The quantitative estimate of drug-likeness (QED) is 0.254. The van der Waals surface area contributed by atoms with Gasteiger partial charge in [0.05, 0.1) is 5.69 Å². The van der Waals surface area contributed by atoms with Crippen molar-refractivity contribution in [3.8, 4) is 22.3 Å². The number of para-hydroxylation sites is 1. The van der Waals surface area contributed by atoms with Crippen molar-refractivity contribution in [1.29, 1.82) is 0 Å². The Morgan fingerprint density at radius 2 is 1.10 bits per heavy atom. The SMILES string of the molecule is c1ccc(-c2cc(-c3ccc4ccccc4c3)ccc2Nc2c3ccccc3cc3c2oc2ccccc23)cc1. The minimum absolute atomic E-state index is 0.873. The molecule has 8 rings (SSSR count). The van der Waals surface area contributed by atoms with E-state index in [1.54, 1.807) is 0 Å². The molecule has 0 aliphatic carbocycles. The van der Waals surface area contributed by atoms with Crippen molar-refractivity contribution in [1.82, 2.24) is 0 Å². The molecule has 0 aliphatic rings. The largest absolute Gasteiger partial charge is 0.454 e. The zero-order valence-corrected chi connectivity index (χ0v) is 21.8. The van der Waals surface area contributed by atoms with Crippen LogP contribution in [0, 0.1) is 0 Å². The molecule has 0 amide bonds. The van der Waals surface area contributed by atoms with Gasteiger partial charge in [0.15, 0.2) is 5.58 Å². The van der Waals surface area contributed by atoms with E-state index in [-0.39, 0.29) is 0 Å². The molecule has 2 nitrogen and oxygen atoms in total. The molecule has 1 aromatic heterocycles. The van der Waals surface area contributed by atoms with Crippen molar-refractivity contribution in [2.75, 3.05) is 5.32 Å². The monoisotopic (exact) mass is 511 g/mol. The van der Waals surface area contributed by atoms with Crippen LogP contribution in [0.3, 0.4) is 0 Å². The first-order valence-electron chi connectivity index (χ1n) is 13.6. The molecule has 188 valence electrons. The molecule has 1 N–H and O–H groups in total. The molecule has 0 spiro atoms. The fraction of sp³-hybridized carbons (Fsp3) is 0. The molecule has 0 bridgehead atoms. The molecule has 8 aromatic rings. The van der Waals surface area contributed by atoms with Crippen LogP contribution >= 0.6 is 0 Å². The molecular weight excluding hydrogens is 486 g/mol. The highest BCUT2D eigenvalue weighted by Crippen LogP contribution is 2.42. The van der Waals surface area contributed by atoms with Crippen LogP contribution in [0.15, 0.2) is 150 Å². The molecule has 0 radical (unpaired) electrons. The van der Waals surface area contributed by atoms with Gasteiger partial charge in [-0.15, -0.1) is 0 Å². The number of anilines is 2. The summed E-state index contributed by atoms with van der Waals surface area (Å²) in [6, 6.07) is 51.5. The Labute approximate surface area is 232 Å². The Hall–Kier alpha value is -5.34. The average molecular weight is 512 g/mol. The lowest BCUT2D eigenvalue weighted by molar-refractivity contribution is 0.670. The first-order valence-corrected chi connectivity index (χ1v) is 13.6. The summed E-state index contributed by atoms with van der Waals surface area (Å²) in [6.07, 6.45) is 0. The van der Waals surface area contributed by atoms with E-state index in [0.29, 0.717) is 0 Å². The summed E-state index contributed by atoms with van der Waals surface area (Å²) >= 11 is 0. The number of hydrogen-bond donors (Lipinski definition) is 1. The number of furan rings is 1. The summed E-state index contributed by atoms with van der Waals surface area (Å²) in [4.78, 5) is 0. The molecule has 0 saturated heterocycles. The summed E-state index contributed by atoms with van der Waals surface area (Å²) in [7, 11) is 0. The maximum atomic E-state index is 6.48. The summed E-state index contributed by atoms with van der Waals surface area (Å²) in [5.41, 5.74) is 8.48. The fourth-order valence-corrected chi connectivity index (χ4v) is 5.84. The van der Waals surface area contributed by atoms with Gasteiger partial charge in [0.2, 0.25) is 0 Å². The number of nitrogens with one attached hydrogen (secondary N) is 1. The third-order valence-electron chi connectivity index (χ3n) is 7.84. The smallest absolute Gasteiger partial charge is 0.159 e. The zero-order valence-electron chi connectivity index (χ0n) is 21.8. The second-order valence-corrected chi connectivity index (χ2v) is 10.3. The van der Waals surface area contributed by atoms with Crippen molar-refractivity contribution < 1.29 is 4.42 Å². The van der Waals surface area contributed by atoms with E-state index in [9.17, 15) is 0 Å². The van der Waals surface area contributed by atoms with Gasteiger partial charge in [0.1, 0.15) is 5.58 Å². The first kappa shape index (κ1) is 22.6. The van der Waals surface area contributed by atoms with Crippen molar-refractivity contribution in [3.05, 3.63) is 146 Å². The molecule has 40 heavy (non-hydrogen) atoms.